The summed E-state index contributed by atoms with van der Waals surface area (Å²) in [6.07, 6.45) is 2.41. The van der Waals surface area contributed by atoms with Gasteiger partial charge in [0.05, 0.1) is 14.7 Å². The second kappa shape index (κ2) is 29.3. The first-order chi connectivity index (χ1) is 46.8. The number of furan rings is 1. The molecule has 99 heavy (non-hydrogen) atoms. The molecule has 5 aromatic heterocycles. The Morgan fingerprint density at radius 2 is 0.758 bits per heavy atom. The van der Waals surface area contributed by atoms with Gasteiger partial charge < -0.3 is 73.3 Å². The van der Waals surface area contributed by atoms with Gasteiger partial charge in [-0.15, -0.1) is 39.5 Å². The second-order valence-electron chi connectivity index (χ2n) is 19.6. The second-order valence-corrected chi connectivity index (χ2v) is 24.3. The Labute approximate surface area is 555 Å². The van der Waals surface area contributed by atoms with Crippen LogP contribution in [0.4, 0.5) is 84.2 Å². The maximum Gasteiger partial charge on any atom is 0.393 e. The Hall–Kier alpha value is -13.8. The van der Waals surface area contributed by atoms with Gasteiger partial charge in [0.25, 0.3) is 0 Å². The van der Waals surface area contributed by atoms with Crippen LogP contribution < -0.4 is 64.5 Å². The van der Waals surface area contributed by atoms with Crippen LogP contribution in [0, 0.1) is 0 Å². The summed E-state index contributed by atoms with van der Waals surface area (Å²) in [4.78, 5) is 81.5. The fourth-order valence-electron chi connectivity index (χ4n) is 7.97. The van der Waals surface area contributed by atoms with Gasteiger partial charge in [-0.2, -0.15) is 15.0 Å². The van der Waals surface area contributed by atoms with Crippen molar-refractivity contribution in [1.82, 2.24) is 54.5 Å². The van der Waals surface area contributed by atoms with Gasteiger partial charge in [-0.1, -0.05) is 12.1 Å². The SMILES string of the molecule is Nc1nc(Nc2ccc(S(N)(=O)=O)cc2)nn1C(=O)Nc1ccc(-c2ccc(C(=O)O)o2)cc1.Nc1nc(Nc2ccc(S(N)(=O)=O)cc2)nn1C(=O)Nc1ccc(-c2nnc(C(=O)O)o2)cc1.Nc1nc(Nc2ccc(S(N)(=O)=O)cc2)nn1C(=O)Nc1ccc(/C=C/C(=O)O)cc1. The number of nitrogens with two attached hydrogens (primary N) is 6. The zero-order valence-electron chi connectivity index (χ0n) is 49.8. The average molecular weight is 1410 g/mol. The lowest BCUT2D eigenvalue weighted by Gasteiger charge is -2.06. The van der Waals surface area contributed by atoms with E-state index in [0.29, 0.717) is 56.6 Å². The van der Waals surface area contributed by atoms with Crippen LogP contribution in [0.2, 0.25) is 0 Å². The number of nitrogen functional groups attached to an aromatic ring is 3. The summed E-state index contributed by atoms with van der Waals surface area (Å²) in [6, 6.07) is 36.4. The van der Waals surface area contributed by atoms with Gasteiger partial charge in [0, 0.05) is 51.3 Å². The third kappa shape index (κ3) is 18.6. The van der Waals surface area contributed by atoms with E-state index in [1.54, 1.807) is 48.5 Å². The summed E-state index contributed by atoms with van der Waals surface area (Å²) < 4.78 is 80.7. The number of carboxylic acids is 3. The average Bonchev–Trinajstić information content (AvgIpc) is 1.78. The van der Waals surface area contributed by atoms with Gasteiger partial charge in [0.2, 0.25) is 77.4 Å². The van der Waals surface area contributed by atoms with Gasteiger partial charge in [0.1, 0.15) is 5.76 Å². The first kappa shape index (κ1) is 69.6. The summed E-state index contributed by atoms with van der Waals surface area (Å²) in [5.41, 5.74) is 21.6. The Bertz CT molecular complexity index is 5010. The van der Waals surface area contributed by atoms with Gasteiger partial charge in [-0.25, -0.2) is 69.4 Å². The molecule has 0 bridgehead atoms. The van der Waals surface area contributed by atoms with Crippen molar-refractivity contribution in [2.24, 2.45) is 15.4 Å². The number of carbonyl (C=O) groups excluding carboxylic acids is 3. The van der Waals surface area contributed by atoms with E-state index in [1.807, 2.05) is 0 Å². The zero-order valence-corrected chi connectivity index (χ0v) is 52.3. The highest BCUT2D eigenvalue weighted by Gasteiger charge is 2.21. The van der Waals surface area contributed by atoms with Crippen LogP contribution in [0.3, 0.4) is 0 Å². The Kier molecular flexibility index (Phi) is 20.6. The zero-order chi connectivity index (χ0) is 71.5. The Balaban J connectivity index is 0.000000174. The van der Waals surface area contributed by atoms with E-state index < -0.39 is 72.0 Å². The number of nitrogens with one attached hydrogen (secondary N) is 6. The summed E-state index contributed by atoms with van der Waals surface area (Å²) in [7, 11) is -11.5. The van der Waals surface area contributed by atoms with Crippen molar-refractivity contribution in [3.05, 3.63) is 181 Å². The van der Waals surface area contributed by atoms with E-state index in [1.165, 1.54) is 115 Å². The highest BCUT2D eigenvalue weighted by Crippen LogP contribution is 2.27. The molecule has 21 N–H and O–H groups in total. The molecule has 0 aliphatic rings. The van der Waals surface area contributed by atoms with Crippen LogP contribution in [0.25, 0.3) is 28.9 Å². The predicted molar refractivity (Wildman–Crippen MR) is 351 cm³/mol. The lowest BCUT2D eigenvalue weighted by molar-refractivity contribution is -0.131. The molecule has 40 nitrogen and oxygen atoms in total. The van der Waals surface area contributed by atoms with Gasteiger partial charge in [-0.3, -0.25) is 0 Å². The fraction of sp³-hybridized carbons (Fsp3) is 0. The molecule has 0 aliphatic carbocycles. The number of benzene rings is 6. The van der Waals surface area contributed by atoms with Crippen LogP contribution in [-0.2, 0) is 34.9 Å². The molecule has 11 aromatic rings. The van der Waals surface area contributed by atoms with Crippen molar-refractivity contribution in [3.63, 3.8) is 0 Å². The molecule has 0 saturated carbocycles. The van der Waals surface area contributed by atoms with Crippen LogP contribution in [0.15, 0.2) is 187 Å². The largest absolute Gasteiger partial charge is 0.478 e. The van der Waals surface area contributed by atoms with Crippen LogP contribution in [0.1, 0.15) is 26.8 Å². The van der Waals surface area contributed by atoms with E-state index in [-0.39, 0.29) is 62.0 Å². The molecule has 0 spiro atoms. The monoisotopic (exact) mass is 1410 g/mol. The van der Waals surface area contributed by atoms with Crippen LogP contribution >= 0.6 is 0 Å². The molecule has 0 aliphatic heterocycles. The number of nitrogens with zero attached hydrogens (tertiary/aromatic N) is 11. The smallest absolute Gasteiger partial charge is 0.393 e. The number of hydrogen-bond acceptors (Lipinski definition) is 28. The van der Waals surface area contributed by atoms with Gasteiger partial charge in [-0.05, 0) is 157 Å². The van der Waals surface area contributed by atoms with E-state index in [9.17, 15) is 54.0 Å². The van der Waals surface area contributed by atoms with E-state index in [0.717, 1.165) is 20.1 Å². The third-order valence-electron chi connectivity index (χ3n) is 12.6. The Morgan fingerprint density at radius 1 is 0.414 bits per heavy atom. The van der Waals surface area contributed by atoms with Crippen molar-refractivity contribution in [3.8, 4) is 22.8 Å². The molecule has 0 atom stereocenters. The van der Waals surface area contributed by atoms with E-state index in [4.69, 9.17) is 56.8 Å². The normalized spacial score (nSPS) is 11.3. The summed E-state index contributed by atoms with van der Waals surface area (Å²) in [6.45, 7) is 0. The first-order valence-corrected chi connectivity index (χ1v) is 31.9. The number of hydrogen-bond donors (Lipinski definition) is 15. The number of carbonyl (C=O) groups is 6. The summed E-state index contributed by atoms with van der Waals surface area (Å²) in [5.74, 6) is -4.48. The van der Waals surface area contributed by atoms with Crippen LogP contribution in [-0.4, -0.2) is 131 Å². The molecule has 43 heteroatoms. The molecular formula is C56H49N23O17S3. The van der Waals surface area contributed by atoms with E-state index >= 15 is 0 Å². The maximum atomic E-state index is 12.6. The Morgan fingerprint density at radius 3 is 1.07 bits per heavy atom. The minimum Gasteiger partial charge on any atom is -0.478 e. The van der Waals surface area contributed by atoms with Crippen molar-refractivity contribution in [1.29, 1.82) is 0 Å². The number of aromatic nitrogens is 11. The molecule has 0 fully saturated rings. The predicted octanol–water partition coefficient (Wildman–Crippen LogP) is 4.80. The summed E-state index contributed by atoms with van der Waals surface area (Å²) in [5, 5.41) is 76.8. The third-order valence-corrected chi connectivity index (χ3v) is 15.4. The van der Waals surface area contributed by atoms with Crippen molar-refractivity contribution in [2.75, 3.05) is 49.1 Å². The molecule has 508 valence electrons. The lowest BCUT2D eigenvalue weighted by atomic mass is 10.1. The van der Waals surface area contributed by atoms with E-state index in [2.05, 4.69) is 72.3 Å². The fourth-order valence-corrected chi connectivity index (χ4v) is 9.52. The lowest BCUT2D eigenvalue weighted by Crippen LogP contribution is -2.22. The summed E-state index contributed by atoms with van der Waals surface area (Å²) >= 11 is 0. The molecule has 5 heterocycles. The topological polar surface area (TPSA) is 638 Å². The highest BCUT2D eigenvalue weighted by atomic mass is 32.2. The van der Waals surface area contributed by atoms with Crippen molar-refractivity contribution in [2.45, 2.75) is 14.7 Å². The minimum absolute atomic E-state index is 0.00279. The standard InChI is InChI=1S/C20H17N7O6S.C18H15N9O6S.C18H17N7O5S/c21-18-25-19(23-12-5-7-14(8-6-12)34(22,31)32)26-27(18)20(30)24-13-3-1-11(2-4-13)15-9-10-16(33-15)17(28)29;19-16-23-17(21-10-5-7-12(8-6-10)34(20,31)32)26-27(16)18(30)22-11-3-1-9(2-4-11)13-24-25-14(33-13)15(28)29;19-16-23-17(21-12-6-8-14(9-7-12)31(20,29)30)24-25(16)18(28)22-13-4-1-11(2-5-13)3-10-15(26)27/h1-10H,(H,24,30)(H,28,29)(H2,22,31,32)(H3,21,23,25,26);1-8H,(H,22,30)(H,28,29)(H2,20,31,32)(H3,19,21,23,26);1-10H,(H,22,28)(H,26,27)(H2,20,29,30)(H3,19,21,23,24)/b;;10-3+. The molecule has 0 unspecified atom stereocenters. The highest BCUT2D eigenvalue weighted by molar-refractivity contribution is 7.89. The number of anilines is 12. The molecular weight excluding hydrogens is 1360 g/mol. The number of amides is 3. The van der Waals surface area contributed by atoms with Crippen molar-refractivity contribution < 1.29 is 78.2 Å². The van der Waals surface area contributed by atoms with Crippen LogP contribution in [0.5, 0.6) is 0 Å². The van der Waals surface area contributed by atoms with Gasteiger partial charge in [0.15, 0.2) is 0 Å². The number of aliphatic carboxylic acids is 1. The quantitative estimate of drug-likeness (QED) is 0.0513. The van der Waals surface area contributed by atoms with Gasteiger partial charge >= 0.3 is 41.9 Å². The maximum absolute atomic E-state index is 12.6. The first-order valence-electron chi connectivity index (χ1n) is 27.2. The molecule has 3 amide bonds. The van der Waals surface area contributed by atoms with Crippen molar-refractivity contribution >= 4 is 142 Å². The molecule has 6 aromatic carbocycles. The number of primary sulfonamides is 3. The number of rotatable bonds is 18. The number of aromatic carboxylic acids is 2. The number of sulfonamides is 3. The molecule has 11 rings (SSSR count). The molecule has 0 radical (unpaired) electrons. The number of carboxylic acid groups (broad SMARTS) is 3. The minimum atomic E-state index is -3.83. The molecule has 0 saturated heterocycles.